The Morgan fingerprint density at radius 2 is 2.18 bits per heavy atom. The molecule has 0 atom stereocenters. The lowest BCUT2D eigenvalue weighted by Gasteiger charge is -2.00. The second-order valence-electron chi connectivity index (χ2n) is 3.23. The Balaban J connectivity index is 1.97. The third-order valence-electron chi connectivity index (χ3n) is 1.94. The van der Waals surface area contributed by atoms with Gasteiger partial charge in [0.25, 0.3) is 0 Å². The predicted molar refractivity (Wildman–Crippen MR) is 62.9 cm³/mol. The monoisotopic (exact) mass is 251 g/mol. The molecule has 2 aromatic heterocycles. The van der Waals surface area contributed by atoms with Gasteiger partial charge in [0.05, 0.1) is 22.2 Å². The van der Waals surface area contributed by atoms with Crippen molar-refractivity contribution in [3.05, 3.63) is 38.6 Å². The van der Waals surface area contributed by atoms with Gasteiger partial charge in [-0.15, -0.1) is 11.3 Å². The van der Waals surface area contributed by atoms with E-state index >= 15 is 0 Å². The Morgan fingerprint density at radius 3 is 2.71 bits per heavy atom. The fourth-order valence-electron chi connectivity index (χ4n) is 1.17. The number of thiazole rings is 1. The summed E-state index contributed by atoms with van der Waals surface area (Å²) in [6, 6.07) is 0. The third-order valence-corrected chi connectivity index (χ3v) is 2.77. The van der Waals surface area contributed by atoms with Gasteiger partial charge in [-0.25, -0.2) is 15.0 Å². The molecule has 1 N–H and O–H groups in total. The summed E-state index contributed by atoms with van der Waals surface area (Å²) in [7, 11) is 0. The molecule has 0 aliphatic rings. The van der Waals surface area contributed by atoms with Gasteiger partial charge in [0, 0.05) is 5.38 Å². The molecule has 8 heteroatoms. The summed E-state index contributed by atoms with van der Waals surface area (Å²) in [6.07, 6.45) is 2.34. The van der Waals surface area contributed by atoms with Crippen LogP contribution in [0.15, 0.2) is 17.8 Å². The van der Waals surface area contributed by atoms with Crippen molar-refractivity contribution in [3.63, 3.8) is 0 Å². The minimum absolute atomic E-state index is 0.125. The molecule has 0 bridgehead atoms. The molecule has 88 valence electrons. The van der Waals surface area contributed by atoms with E-state index in [1.54, 1.807) is 11.3 Å². The second-order valence-corrected chi connectivity index (χ2v) is 4.30. The molecule has 0 fully saturated rings. The number of anilines is 1. The summed E-state index contributed by atoms with van der Waals surface area (Å²) in [6.45, 7) is 2.43. The Kier molecular flexibility index (Phi) is 3.24. The SMILES string of the molecule is Cc1nc(CNc2ncc([N+](=O)[O-])cn2)cs1. The van der Waals surface area contributed by atoms with Crippen LogP contribution in [-0.4, -0.2) is 19.9 Å². The van der Waals surface area contributed by atoms with E-state index in [0.29, 0.717) is 12.5 Å². The molecule has 0 saturated heterocycles. The van der Waals surface area contributed by atoms with Gasteiger partial charge in [0.2, 0.25) is 5.95 Å². The molecule has 0 aromatic carbocycles. The minimum atomic E-state index is -0.534. The summed E-state index contributed by atoms with van der Waals surface area (Å²) >= 11 is 1.56. The van der Waals surface area contributed by atoms with Crippen LogP contribution in [0.25, 0.3) is 0 Å². The molecule has 0 aliphatic carbocycles. The lowest BCUT2D eigenvalue weighted by atomic mass is 10.5. The van der Waals surface area contributed by atoms with Crippen molar-refractivity contribution in [2.24, 2.45) is 0 Å². The van der Waals surface area contributed by atoms with E-state index in [0.717, 1.165) is 10.7 Å². The Morgan fingerprint density at radius 1 is 1.47 bits per heavy atom. The Labute approximate surface area is 101 Å². The van der Waals surface area contributed by atoms with Crippen molar-refractivity contribution >= 4 is 23.0 Å². The van der Waals surface area contributed by atoms with E-state index in [9.17, 15) is 10.1 Å². The van der Waals surface area contributed by atoms with Crippen molar-refractivity contribution in [2.45, 2.75) is 13.5 Å². The highest BCUT2D eigenvalue weighted by Gasteiger charge is 2.06. The van der Waals surface area contributed by atoms with Crippen LogP contribution in [0, 0.1) is 17.0 Å². The molecule has 2 aromatic rings. The number of aryl methyl sites for hydroxylation is 1. The zero-order valence-corrected chi connectivity index (χ0v) is 9.77. The number of hydrogen-bond acceptors (Lipinski definition) is 7. The fourth-order valence-corrected chi connectivity index (χ4v) is 1.78. The van der Waals surface area contributed by atoms with Crippen LogP contribution in [-0.2, 0) is 6.54 Å². The summed E-state index contributed by atoms with van der Waals surface area (Å²) in [5, 5.41) is 16.3. The van der Waals surface area contributed by atoms with Crippen molar-refractivity contribution in [3.8, 4) is 0 Å². The molecule has 0 radical (unpaired) electrons. The average molecular weight is 251 g/mol. The number of nitrogens with one attached hydrogen (secondary N) is 1. The van der Waals surface area contributed by atoms with E-state index < -0.39 is 4.92 Å². The standard InChI is InChI=1S/C9H9N5O2S/c1-6-13-7(5-17-6)2-10-9-11-3-8(4-12-9)14(15)16/h3-5H,2H2,1H3,(H,10,11,12). The number of aromatic nitrogens is 3. The molecule has 2 heterocycles. The minimum Gasteiger partial charge on any atom is -0.349 e. The molecular formula is C9H9N5O2S. The van der Waals surface area contributed by atoms with Crippen LogP contribution in [0.1, 0.15) is 10.7 Å². The predicted octanol–water partition coefficient (Wildman–Crippen LogP) is 1.76. The van der Waals surface area contributed by atoms with Crippen molar-refractivity contribution in [1.29, 1.82) is 0 Å². The topological polar surface area (TPSA) is 93.8 Å². The molecule has 0 aliphatic heterocycles. The van der Waals surface area contributed by atoms with Gasteiger partial charge in [-0.2, -0.15) is 0 Å². The number of nitrogens with zero attached hydrogens (tertiary/aromatic N) is 4. The Bertz CT molecular complexity index is 524. The highest BCUT2D eigenvalue weighted by Crippen LogP contribution is 2.11. The van der Waals surface area contributed by atoms with Crippen LogP contribution < -0.4 is 5.32 Å². The van der Waals surface area contributed by atoms with Crippen molar-refractivity contribution in [2.75, 3.05) is 5.32 Å². The third kappa shape index (κ3) is 2.94. The molecular weight excluding hydrogens is 242 g/mol. The second kappa shape index (κ2) is 4.83. The first-order chi connectivity index (χ1) is 8.15. The first kappa shape index (κ1) is 11.4. The van der Waals surface area contributed by atoms with Crippen LogP contribution in [0.3, 0.4) is 0 Å². The van der Waals surface area contributed by atoms with E-state index in [1.165, 1.54) is 12.4 Å². The molecule has 0 spiro atoms. The molecule has 7 nitrogen and oxygen atoms in total. The molecule has 0 unspecified atom stereocenters. The smallest absolute Gasteiger partial charge is 0.305 e. The zero-order valence-electron chi connectivity index (χ0n) is 8.95. The number of rotatable bonds is 4. The molecule has 0 amide bonds. The maximum absolute atomic E-state index is 10.4. The van der Waals surface area contributed by atoms with Gasteiger partial charge in [0.1, 0.15) is 12.4 Å². The van der Waals surface area contributed by atoms with E-state index in [-0.39, 0.29) is 5.69 Å². The first-order valence-corrected chi connectivity index (χ1v) is 5.64. The van der Waals surface area contributed by atoms with Crippen LogP contribution in [0.4, 0.5) is 11.6 Å². The lowest BCUT2D eigenvalue weighted by Crippen LogP contribution is -2.04. The van der Waals surface area contributed by atoms with E-state index in [1.807, 2.05) is 12.3 Å². The van der Waals surface area contributed by atoms with Gasteiger partial charge >= 0.3 is 5.69 Å². The Hall–Kier alpha value is -2.09. The van der Waals surface area contributed by atoms with Crippen molar-refractivity contribution < 1.29 is 4.92 Å². The maximum Gasteiger partial charge on any atom is 0.305 e. The fraction of sp³-hybridized carbons (Fsp3) is 0.222. The normalized spacial score (nSPS) is 10.2. The summed E-state index contributed by atoms with van der Waals surface area (Å²) < 4.78 is 0. The van der Waals surface area contributed by atoms with Gasteiger partial charge in [0.15, 0.2) is 0 Å². The summed E-state index contributed by atoms with van der Waals surface area (Å²) in [4.78, 5) is 21.8. The van der Waals surface area contributed by atoms with Crippen molar-refractivity contribution in [1.82, 2.24) is 15.0 Å². The average Bonchev–Trinajstić information content (AvgIpc) is 2.73. The van der Waals surface area contributed by atoms with Gasteiger partial charge in [-0.1, -0.05) is 0 Å². The maximum atomic E-state index is 10.4. The van der Waals surface area contributed by atoms with E-state index in [4.69, 9.17) is 0 Å². The van der Waals surface area contributed by atoms with Gasteiger partial charge in [-0.3, -0.25) is 10.1 Å². The number of nitro groups is 1. The summed E-state index contributed by atoms with van der Waals surface area (Å²) in [5.41, 5.74) is 0.773. The zero-order chi connectivity index (χ0) is 12.3. The first-order valence-electron chi connectivity index (χ1n) is 4.76. The molecule has 2 rings (SSSR count). The number of hydrogen-bond donors (Lipinski definition) is 1. The van der Waals surface area contributed by atoms with Gasteiger partial charge < -0.3 is 5.32 Å². The van der Waals surface area contributed by atoms with E-state index in [2.05, 4.69) is 20.3 Å². The van der Waals surface area contributed by atoms with Gasteiger partial charge in [-0.05, 0) is 6.92 Å². The highest BCUT2D eigenvalue weighted by molar-refractivity contribution is 7.09. The van der Waals surface area contributed by atoms with Crippen LogP contribution >= 0.6 is 11.3 Å². The molecule has 0 saturated carbocycles. The molecule has 17 heavy (non-hydrogen) atoms. The van der Waals surface area contributed by atoms with Crippen LogP contribution in [0.5, 0.6) is 0 Å². The highest BCUT2D eigenvalue weighted by atomic mass is 32.1. The summed E-state index contributed by atoms with van der Waals surface area (Å²) in [5.74, 6) is 0.348. The quantitative estimate of drug-likeness (QED) is 0.657. The van der Waals surface area contributed by atoms with Crippen LogP contribution in [0.2, 0.25) is 0 Å². The lowest BCUT2D eigenvalue weighted by molar-refractivity contribution is -0.385. The largest absolute Gasteiger partial charge is 0.349 e.